The second-order valence-corrected chi connectivity index (χ2v) is 3.04. The van der Waals surface area contributed by atoms with Crippen molar-refractivity contribution in [2.24, 2.45) is 0 Å². The lowest BCUT2D eigenvalue weighted by Gasteiger charge is -2.03. The van der Waals surface area contributed by atoms with Crippen molar-refractivity contribution in [1.82, 2.24) is 15.0 Å². The van der Waals surface area contributed by atoms with Crippen LogP contribution in [0.3, 0.4) is 0 Å². The van der Waals surface area contributed by atoms with E-state index in [4.69, 9.17) is 0 Å². The fourth-order valence-electron chi connectivity index (χ4n) is 1.33. The topological polar surface area (TPSA) is 57.0 Å². The standard InChI is InChI=1S/C9H14FN3O2/c1-3-4-7-8(9(14)15-2)11-12-13(7)6-5-10/h3-6H2,1-2H3. The van der Waals surface area contributed by atoms with E-state index in [-0.39, 0.29) is 12.2 Å². The molecule has 0 atom stereocenters. The first kappa shape index (κ1) is 11.6. The van der Waals surface area contributed by atoms with Crippen LogP contribution < -0.4 is 0 Å². The molecule has 0 unspecified atom stereocenters. The molecular formula is C9H14FN3O2. The number of methoxy groups -OCH3 is 1. The number of halogens is 1. The van der Waals surface area contributed by atoms with Gasteiger partial charge in [0.25, 0.3) is 0 Å². The Balaban J connectivity index is 2.99. The SMILES string of the molecule is CCCc1c(C(=O)OC)nnn1CCF. The van der Waals surface area contributed by atoms with Crippen LogP contribution in [0.5, 0.6) is 0 Å². The zero-order chi connectivity index (χ0) is 11.3. The van der Waals surface area contributed by atoms with Crippen LogP contribution in [0.25, 0.3) is 0 Å². The fourth-order valence-corrected chi connectivity index (χ4v) is 1.33. The number of hydrogen-bond acceptors (Lipinski definition) is 4. The number of esters is 1. The van der Waals surface area contributed by atoms with Gasteiger partial charge in [0, 0.05) is 0 Å². The molecule has 0 aliphatic rings. The third-order valence-electron chi connectivity index (χ3n) is 2.00. The molecule has 0 saturated heterocycles. The summed E-state index contributed by atoms with van der Waals surface area (Å²) < 4.78 is 18.2. The van der Waals surface area contributed by atoms with Gasteiger partial charge in [-0.2, -0.15) is 0 Å². The third-order valence-corrected chi connectivity index (χ3v) is 2.00. The van der Waals surface area contributed by atoms with Crippen LogP contribution in [0.4, 0.5) is 4.39 Å². The zero-order valence-electron chi connectivity index (χ0n) is 8.86. The molecule has 0 fully saturated rings. The summed E-state index contributed by atoms with van der Waals surface area (Å²) in [4.78, 5) is 11.3. The highest BCUT2D eigenvalue weighted by Gasteiger charge is 2.19. The maximum Gasteiger partial charge on any atom is 0.360 e. The number of rotatable bonds is 5. The van der Waals surface area contributed by atoms with E-state index >= 15 is 0 Å². The van der Waals surface area contributed by atoms with Crippen LogP contribution in [-0.2, 0) is 17.7 Å². The highest BCUT2D eigenvalue weighted by molar-refractivity contribution is 5.88. The Kier molecular flexibility index (Phi) is 4.20. The predicted molar refractivity (Wildman–Crippen MR) is 51.3 cm³/mol. The van der Waals surface area contributed by atoms with Gasteiger partial charge in [-0.15, -0.1) is 5.10 Å². The minimum atomic E-state index is -0.527. The molecule has 0 N–H and O–H groups in total. The first-order valence-corrected chi connectivity index (χ1v) is 4.81. The van der Waals surface area contributed by atoms with Crippen LogP contribution >= 0.6 is 0 Å². The van der Waals surface area contributed by atoms with E-state index in [1.165, 1.54) is 11.8 Å². The molecule has 1 heterocycles. The average molecular weight is 215 g/mol. The highest BCUT2D eigenvalue weighted by Crippen LogP contribution is 2.09. The Labute approximate surface area is 87.2 Å². The molecule has 0 spiro atoms. The molecule has 0 aliphatic heterocycles. The highest BCUT2D eigenvalue weighted by atomic mass is 19.1. The van der Waals surface area contributed by atoms with E-state index in [2.05, 4.69) is 15.0 Å². The average Bonchev–Trinajstić information content (AvgIpc) is 2.62. The summed E-state index contributed by atoms with van der Waals surface area (Å²) in [5, 5.41) is 7.42. The van der Waals surface area contributed by atoms with Crippen molar-refractivity contribution in [3.63, 3.8) is 0 Å². The number of aromatic nitrogens is 3. The van der Waals surface area contributed by atoms with Gasteiger partial charge in [0.15, 0.2) is 5.69 Å². The second kappa shape index (κ2) is 5.43. The van der Waals surface area contributed by atoms with Crippen molar-refractivity contribution in [2.75, 3.05) is 13.8 Å². The van der Waals surface area contributed by atoms with Gasteiger partial charge in [0.2, 0.25) is 0 Å². The van der Waals surface area contributed by atoms with Crippen LogP contribution in [0.2, 0.25) is 0 Å². The molecule has 5 nitrogen and oxygen atoms in total. The van der Waals surface area contributed by atoms with Crippen molar-refractivity contribution in [1.29, 1.82) is 0 Å². The Hall–Kier alpha value is -1.46. The number of carbonyl (C=O) groups excluding carboxylic acids is 1. The van der Waals surface area contributed by atoms with Crippen LogP contribution in [0.15, 0.2) is 0 Å². The number of nitrogens with zero attached hydrogens (tertiary/aromatic N) is 3. The lowest BCUT2D eigenvalue weighted by Crippen LogP contribution is -2.10. The summed E-state index contributed by atoms with van der Waals surface area (Å²) >= 11 is 0. The van der Waals surface area contributed by atoms with E-state index in [0.29, 0.717) is 12.1 Å². The monoisotopic (exact) mass is 215 g/mol. The first-order chi connectivity index (χ1) is 7.24. The van der Waals surface area contributed by atoms with E-state index in [0.717, 1.165) is 6.42 Å². The minimum absolute atomic E-state index is 0.124. The molecule has 15 heavy (non-hydrogen) atoms. The van der Waals surface area contributed by atoms with Gasteiger partial charge in [0.1, 0.15) is 6.67 Å². The Bertz CT molecular complexity index is 338. The number of ether oxygens (including phenoxy) is 1. The molecular weight excluding hydrogens is 201 g/mol. The molecule has 6 heteroatoms. The van der Waals surface area contributed by atoms with Crippen molar-refractivity contribution >= 4 is 5.97 Å². The maximum atomic E-state index is 12.2. The van der Waals surface area contributed by atoms with E-state index in [1.807, 2.05) is 6.92 Å². The van der Waals surface area contributed by atoms with Gasteiger partial charge >= 0.3 is 5.97 Å². The van der Waals surface area contributed by atoms with Crippen molar-refractivity contribution in [3.8, 4) is 0 Å². The number of aryl methyl sites for hydroxylation is 1. The second-order valence-electron chi connectivity index (χ2n) is 3.04. The summed E-state index contributed by atoms with van der Waals surface area (Å²) in [5.74, 6) is -0.524. The Morgan fingerprint density at radius 1 is 1.60 bits per heavy atom. The quantitative estimate of drug-likeness (QED) is 0.687. The largest absolute Gasteiger partial charge is 0.464 e. The van der Waals surface area contributed by atoms with Gasteiger partial charge in [-0.1, -0.05) is 18.6 Å². The summed E-state index contributed by atoms with van der Waals surface area (Å²) in [6.45, 7) is 1.56. The molecule has 0 aromatic carbocycles. The molecule has 1 aromatic rings. The van der Waals surface area contributed by atoms with Gasteiger partial charge in [-0.3, -0.25) is 0 Å². The lowest BCUT2D eigenvalue weighted by atomic mass is 10.2. The summed E-state index contributed by atoms with van der Waals surface area (Å²) in [5.41, 5.74) is 0.829. The van der Waals surface area contributed by atoms with Gasteiger partial charge in [-0.05, 0) is 6.42 Å². The predicted octanol–water partition coefficient (Wildman–Crippen LogP) is 0.987. The van der Waals surface area contributed by atoms with Crippen LogP contribution in [-0.4, -0.2) is 34.7 Å². The van der Waals surface area contributed by atoms with Gasteiger partial charge < -0.3 is 4.74 Å². The number of alkyl halides is 1. The number of hydrogen-bond donors (Lipinski definition) is 0. The molecule has 0 amide bonds. The molecule has 0 aliphatic carbocycles. The van der Waals surface area contributed by atoms with Gasteiger partial charge in [-0.25, -0.2) is 13.9 Å². The smallest absolute Gasteiger partial charge is 0.360 e. The summed E-state index contributed by atoms with van der Waals surface area (Å²) in [6.07, 6.45) is 1.47. The molecule has 1 rings (SSSR count). The molecule has 84 valence electrons. The van der Waals surface area contributed by atoms with Crippen molar-refractivity contribution in [3.05, 3.63) is 11.4 Å². The fraction of sp³-hybridized carbons (Fsp3) is 0.667. The molecule has 0 bridgehead atoms. The van der Waals surface area contributed by atoms with Crippen LogP contribution in [0, 0.1) is 0 Å². The molecule has 0 saturated carbocycles. The van der Waals surface area contributed by atoms with Crippen LogP contribution in [0.1, 0.15) is 29.5 Å². The first-order valence-electron chi connectivity index (χ1n) is 4.81. The molecule has 1 aromatic heterocycles. The lowest BCUT2D eigenvalue weighted by molar-refractivity contribution is 0.0592. The normalized spacial score (nSPS) is 10.3. The van der Waals surface area contributed by atoms with Crippen molar-refractivity contribution in [2.45, 2.75) is 26.3 Å². The zero-order valence-corrected chi connectivity index (χ0v) is 8.86. The minimum Gasteiger partial charge on any atom is -0.464 e. The van der Waals surface area contributed by atoms with Gasteiger partial charge in [0.05, 0.1) is 19.3 Å². The summed E-state index contributed by atoms with van der Waals surface area (Å²) in [7, 11) is 1.28. The van der Waals surface area contributed by atoms with E-state index in [1.54, 1.807) is 0 Å². The number of carbonyl (C=O) groups is 1. The summed E-state index contributed by atoms with van der Waals surface area (Å²) in [6, 6.07) is 0. The van der Waals surface area contributed by atoms with E-state index < -0.39 is 12.6 Å². The van der Waals surface area contributed by atoms with E-state index in [9.17, 15) is 9.18 Å². The van der Waals surface area contributed by atoms with Crippen molar-refractivity contribution < 1.29 is 13.9 Å². The Morgan fingerprint density at radius 3 is 2.87 bits per heavy atom. The Morgan fingerprint density at radius 2 is 2.33 bits per heavy atom. The third kappa shape index (κ3) is 2.51. The maximum absolute atomic E-state index is 12.2. The molecule has 0 radical (unpaired) electrons.